The zero-order valence-electron chi connectivity index (χ0n) is 32.2. The molecule has 10 rings (SSSR count). The highest BCUT2D eigenvalue weighted by Crippen LogP contribution is 2.50. The van der Waals surface area contributed by atoms with E-state index in [1.165, 1.54) is 54.9 Å². The highest BCUT2D eigenvalue weighted by molar-refractivity contribution is 6.01. The summed E-state index contributed by atoms with van der Waals surface area (Å²) in [6.07, 6.45) is 7.98. The third-order valence-corrected chi connectivity index (χ3v) is 11.5. The van der Waals surface area contributed by atoms with E-state index in [2.05, 4.69) is 252 Å². The average molecular weight is 743 g/mol. The van der Waals surface area contributed by atoms with Gasteiger partial charge in [0.05, 0.1) is 11.4 Å². The molecule has 0 aromatic heterocycles. The minimum atomic E-state index is -0.739. The number of anilines is 4. The molecular weight excluding hydrogens is 701 g/mol. The van der Waals surface area contributed by atoms with Crippen LogP contribution in [0.15, 0.2) is 243 Å². The first-order valence-electron chi connectivity index (χ1n) is 20.1. The monoisotopic (exact) mass is 742 g/mol. The highest BCUT2D eigenvalue weighted by atomic mass is 15.4. The Balaban J connectivity index is 1.23. The van der Waals surface area contributed by atoms with E-state index in [0.717, 1.165) is 22.7 Å². The summed E-state index contributed by atoms with van der Waals surface area (Å²) in [4.78, 5) is 5.15. The van der Waals surface area contributed by atoms with Crippen molar-refractivity contribution in [3.8, 4) is 22.3 Å². The summed E-state index contributed by atoms with van der Waals surface area (Å²) in [6, 6.07) is 81.1. The van der Waals surface area contributed by atoms with Crippen molar-refractivity contribution < 1.29 is 0 Å². The molecule has 2 nitrogen and oxygen atoms in total. The summed E-state index contributed by atoms with van der Waals surface area (Å²) in [5.41, 5.74) is 11.1. The summed E-state index contributed by atoms with van der Waals surface area (Å²) >= 11 is 0. The normalized spacial score (nSPS) is 13.3. The first-order chi connectivity index (χ1) is 28.8. The van der Waals surface area contributed by atoms with Crippen molar-refractivity contribution in [1.82, 2.24) is 0 Å². The molecule has 0 bridgehead atoms. The van der Waals surface area contributed by atoms with Crippen LogP contribution in [-0.2, 0) is 0 Å². The van der Waals surface area contributed by atoms with Crippen LogP contribution in [0.5, 0.6) is 0 Å². The molecule has 276 valence electrons. The Morgan fingerprint density at radius 3 is 1.28 bits per heavy atom. The molecule has 0 radical (unpaired) electrons. The number of rotatable bonds is 9. The number of para-hydroxylation sites is 2. The van der Waals surface area contributed by atoms with E-state index in [1.807, 2.05) is 0 Å². The van der Waals surface area contributed by atoms with Gasteiger partial charge in [0.25, 0.3) is 0 Å². The Hall–Kier alpha value is -7.42. The van der Waals surface area contributed by atoms with Crippen LogP contribution in [0.25, 0.3) is 49.4 Å². The second kappa shape index (κ2) is 15.3. The third kappa shape index (κ3) is 6.26. The molecule has 2 heteroatoms. The smallest absolute Gasteiger partial charge is 0.145 e. The van der Waals surface area contributed by atoms with E-state index in [4.69, 9.17) is 0 Å². The number of benzene rings is 9. The molecule has 0 amide bonds. The molecule has 9 aromatic rings. The average Bonchev–Trinajstić information content (AvgIpc) is 3.31. The van der Waals surface area contributed by atoms with Crippen LogP contribution in [0.4, 0.5) is 22.7 Å². The zero-order chi connectivity index (χ0) is 38.7. The molecule has 0 spiro atoms. The molecule has 0 heterocycles. The van der Waals surface area contributed by atoms with Gasteiger partial charge in [0, 0.05) is 28.6 Å². The Morgan fingerprint density at radius 2 is 0.759 bits per heavy atom. The minimum Gasteiger partial charge on any atom is -0.313 e. The lowest BCUT2D eigenvalue weighted by Crippen LogP contribution is -2.57. The zero-order valence-corrected chi connectivity index (χ0v) is 32.2. The molecule has 1 aliphatic carbocycles. The SMILES string of the molecule is C1=CC(N(c2ccccc2)c2cccc3ccccc23)(N(c2ccccc2)c2cccc3ccccc23)CC=C1c1ccccc1-c1ccccc1-c1ccccc1. The first kappa shape index (κ1) is 35.0. The number of fused-ring (bicyclic) bond motifs is 2. The van der Waals surface area contributed by atoms with Crippen molar-refractivity contribution in [3.05, 3.63) is 248 Å². The molecule has 1 aliphatic rings. The van der Waals surface area contributed by atoms with Crippen molar-refractivity contribution in [2.45, 2.75) is 12.1 Å². The van der Waals surface area contributed by atoms with E-state index >= 15 is 0 Å². The third-order valence-electron chi connectivity index (χ3n) is 11.5. The Bertz CT molecular complexity index is 2800. The van der Waals surface area contributed by atoms with Gasteiger partial charge in [0.1, 0.15) is 5.66 Å². The molecule has 0 saturated carbocycles. The minimum absolute atomic E-state index is 0.684. The van der Waals surface area contributed by atoms with Gasteiger partial charge in [-0.1, -0.05) is 200 Å². The van der Waals surface area contributed by atoms with Gasteiger partial charge in [-0.15, -0.1) is 0 Å². The van der Waals surface area contributed by atoms with E-state index < -0.39 is 5.66 Å². The van der Waals surface area contributed by atoms with Crippen molar-refractivity contribution in [2.75, 3.05) is 9.80 Å². The fourth-order valence-corrected chi connectivity index (χ4v) is 8.91. The Kier molecular flexibility index (Phi) is 9.21. The molecule has 0 unspecified atom stereocenters. The molecule has 0 N–H and O–H groups in total. The summed E-state index contributed by atoms with van der Waals surface area (Å²) in [5.74, 6) is 0. The quantitative estimate of drug-likeness (QED) is 0.136. The molecule has 9 aromatic carbocycles. The van der Waals surface area contributed by atoms with Gasteiger partial charge in [-0.3, -0.25) is 0 Å². The lowest BCUT2D eigenvalue weighted by atomic mass is 9.84. The maximum Gasteiger partial charge on any atom is 0.145 e. The summed E-state index contributed by atoms with van der Waals surface area (Å²) in [6.45, 7) is 0. The molecule has 0 aliphatic heterocycles. The number of allylic oxidation sites excluding steroid dienone is 2. The van der Waals surface area contributed by atoms with Gasteiger partial charge in [-0.25, -0.2) is 0 Å². The molecular formula is C56H42N2. The van der Waals surface area contributed by atoms with E-state index in [1.54, 1.807) is 0 Å². The molecule has 58 heavy (non-hydrogen) atoms. The van der Waals surface area contributed by atoms with Gasteiger partial charge in [0.2, 0.25) is 0 Å². The fourth-order valence-electron chi connectivity index (χ4n) is 8.91. The number of hydrogen-bond donors (Lipinski definition) is 0. The van der Waals surface area contributed by atoms with Crippen molar-refractivity contribution in [3.63, 3.8) is 0 Å². The van der Waals surface area contributed by atoms with Crippen LogP contribution in [-0.4, -0.2) is 5.66 Å². The fraction of sp³-hybridized carbons (Fsp3) is 0.0357. The van der Waals surface area contributed by atoms with Gasteiger partial charge >= 0.3 is 0 Å². The lowest BCUT2D eigenvalue weighted by molar-refractivity contribution is 0.528. The second-order valence-corrected chi connectivity index (χ2v) is 14.9. The van der Waals surface area contributed by atoms with E-state index in [0.29, 0.717) is 6.42 Å². The van der Waals surface area contributed by atoms with Crippen LogP contribution in [0.1, 0.15) is 12.0 Å². The largest absolute Gasteiger partial charge is 0.313 e. The summed E-state index contributed by atoms with van der Waals surface area (Å²) < 4.78 is 0. The van der Waals surface area contributed by atoms with Gasteiger partial charge in [-0.2, -0.15) is 0 Å². The maximum absolute atomic E-state index is 2.57. The number of nitrogens with zero attached hydrogens (tertiary/aromatic N) is 2. The predicted octanol–water partition coefficient (Wildman–Crippen LogP) is 15.0. The van der Waals surface area contributed by atoms with Crippen LogP contribution < -0.4 is 9.80 Å². The Morgan fingerprint density at radius 1 is 0.345 bits per heavy atom. The molecule has 0 atom stereocenters. The summed E-state index contributed by atoms with van der Waals surface area (Å²) in [7, 11) is 0. The standard InChI is InChI=1S/C56H42N2/c1-4-20-42(21-5-1)48-30-14-16-34-52(48)53-35-17-15-31-49(53)45-38-40-56(41-39-45,57(46-26-6-2-7-27-46)54-36-18-24-43-22-10-12-32-50(43)54)58(47-28-8-3-9-29-47)55-37-19-25-44-23-11-13-33-51(44)55/h1-40H,41H2. The molecule has 0 saturated heterocycles. The van der Waals surface area contributed by atoms with Gasteiger partial charge in [0.15, 0.2) is 0 Å². The Labute approximate surface area is 340 Å². The van der Waals surface area contributed by atoms with Crippen LogP contribution in [0, 0.1) is 0 Å². The first-order valence-corrected chi connectivity index (χ1v) is 20.1. The van der Waals surface area contributed by atoms with E-state index in [-0.39, 0.29) is 0 Å². The predicted molar refractivity (Wildman–Crippen MR) is 247 cm³/mol. The topological polar surface area (TPSA) is 6.48 Å². The van der Waals surface area contributed by atoms with Crippen molar-refractivity contribution in [1.29, 1.82) is 0 Å². The van der Waals surface area contributed by atoms with Crippen molar-refractivity contribution in [2.24, 2.45) is 0 Å². The summed E-state index contributed by atoms with van der Waals surface area (Å²) in [5, 5.41) is 4.81. The van der Waals surface area contributed by atoms with Gasteiger partial charge < -0.3 is 9.80 Å². The lowest BCUT2D eigenvalue weighted by Gasteiger charge is -2.52. The van der Waals surface area contributed by atoms with Crippen LogP contribution >= 0.6 is 0 Å². The number of hydrogen-bond acceptors (Lipinski definition) is 2. The van der Waals surface area contributed by atoms with Crippen LogP contribution in [0.2, 0.25) is 0 Å². The van der Waals surface area contributed by atoms with Crippen LogP contribution in [0.3, 0.4) is 0 Å². The maximum atomic E-state index is 2.57. The highest BCUT2D eigenvalue weighted by Gasteiger charge is 2.44. The van der Waals surface area contributed by atoms with E-state index in [9.17, 15) is 0 Å². The molecule has 0 fully saturated rings. The van der Waals surface area contributed by atoms with Gasteiger partial charge in [-0.05, 0) is 86.6 Å². The second-order valence-electron chi connectivity index (χ2n) is 14.9. The van der Waals surface area contributed by atoms with Crippen molar-refractivity contribution >= 4 is 49.9 Å².